The summed E-state index contributed by atoms with van der Waals surface area (Å²) in [6, 6.07) is 8.78. The lowest BCUT2D eigenvalue weighted by molar-refractivity contribution is -0.0498. The molecular weight excluding hydrogens is 467 g/mol. The standard InChI is InChI=1S/C24H26F3N3O3S/c1-28-13-18-11-23(30(15-18)34(31,32)20-3-2-10-29-14-20)21-5-4-19(12-22(21)25)33-16-17-6-8-24(26,27)9-7-17/h2-5,10-12,14-15,17,28H,6-9,13,16H2,1H3. The van der Waals surface area contributed by atoms with Gasteiger partial charge in [0.05, 0.1) is 12.3 Å². The predicted octanol–water partition coefficient (Wildman–Crippen LogP) is 4.85. The van der Waals surface area contributed by atoms with Gasteiger partial charge in [-0.1, -0.05) is 0 Å². The van der Waals surface area contributed by atoms with Gasteiger partial charge >= 0.3 is 0 Å². The summed E-state index contributed by atoms with van der Waals surface area (Å²) in [5.74, 6) is -3.00. The minimum atomic E-state index is -4.01. The number of pyridine rings is 1. The Bertz CT molecular complexity index is 1240. The first-order chi connectivity index (χ1) is 16.2. The lowest BCUT2D eigenvalue weighted by atomic mass is 9.87. The van der Waals surface area contributed by atoms with Crippen LogP contribution in [0.1, 0.15) is 31.2 Å². The molecule has 1 aliphatic rings. The van der Waals surface area contributed by atoms with E-state index >= 15 is 4.39 Å². The Morgan fingerprint density at radius 1 is 1.21 bits per heavy atom. The van der Waals surface area contributed by atoms with E-state index in [-0.39, 0.29) is 47.3 Å². The van der Waals surface area contributed by atoms with Crippen LogP contribution in [0.2, 0.25) is 0 Å². The van der Waals surface area contributed by atoms with E-state index in [1.807, 2.05) is 0 Å². The molecule has 0 unspecified atom stereocenters. The van der Waals surface area contributed by atoms with Gasteiger partial charge < -0.3 is 10.1 Å². The van der Waals surface area contributed by atoms with E-state index in [0.29, 0.717) is 24.9 Å². The van der Waals surface area contributed by atoms with E-state index in [9.17, 15) is 17.2 Å². The maximum atomic E-state index is 15.2. The van der Waals surface area contributed by atoms with Crippen molar-refractivity contribution >= 4 is 10.0 Å². The van der Waals surface area contributed by atoms with Gasteiger partial charge in [0.15, 0.2) is 0 Å². The third-order valence-electron chi connectivity index (χ3n) is 5.95. The minimum Gasteiger partial charge on any atom is -0.493 e. The third-order valence-corrected chi connectivity index (χ3v) is 7.61. The van der Waals surface area contributed by atoms with Crippen LogP contribution in [0.5, 0.6) is 5.75 Å². The number of alkyl halides is 2. The second-order valence-corrected chi connectivity index (χ2v) is 10.3. The molecule has 0 amide bonds. The van der Waals surface area contributed by atoms with Crippen molar-refractivity contribution in [3.63, 3.8) is 0 Å². The van der Waals surface area contributed by atoms with Gasteiger partial charge in [-0.2, -0.15) is 0 Å². The van der Waals surface area contributed by atoms with Crippen molar-refractivity contribution in [3.8, 4) is 17.0 Å². The zero-order chi connectivity index (χ0) is 24.3. The van der Waals surface area contributed by atoms with Crippen LogP contribution in [0.4, 0.5) is 13.2 Å². The topological polar surface area (TPSA) is 73.2 Å². The molecule has 10 heteroatoms. The van der Waals surface area contributed by atoms with Crippen LogP contribution in [0.25, 0.3) is 11.3 Å². The Balaban J connectivity index is 1.59. The molecule has 2 aromatic heterocycles. The fourth-order valence-electron chi connectivity index (χ4n) is 4.08. The molecule has 0 radical (unpaired) electrons. The highest BCUT2D eigenvalue weighted by atomic mass is 32.2. The quantitative estimate of drug-likeness (QED) is 0.486. The minimum absolute atomic E-state index is 0.00618. The molecule has 34 heavy (non-hydrogen) atoms. The first kappa shape index (κ1) is 24.3. The monoisotopic (exact) mass is 493 g/mol. The largest absolute Gasteiger partial charge is 0.493 e. The summed E-state index contributed by atoms with van der Waals surface area (Å²) in [6.45, 7) is 0.624. The van der Waals surface area contributed by atoms with Gasteiger partial charge in [0, 0.05) is 49.6 Å². The number of aromatic nitrogens is 2. The predicted molar refractivity (Wildman–Crippen MR) is 122 cm³/mol. The van der Waals surface area contributed by atoms with E-state index in [1.165, 1.54) is 42.9 Å². The normalized spacial score (nSPS) is 16.5. The fourth-order valence-corrected chi connectivity index (χ4v) is 5.44. The van der Waals surface area contributed by atoms with Crippen molar-refractivity contribution in [2.45, 2.75) is 43.0 Å². The molecule has 0 spiro atoms. The molecular formula is C24H26F3N3O3S. The molecule has 0 atom stereocenters. The lowest BCUT2D eigenvalue weighted by Gasteiger charge is -2.28. The summed E-state index contributed by atoms with van der Waals surface area (Å²) < 4.78 is 75.0. The molecule has 1 saturated carbocycles. The van der Waals surface area contributed by atoms with Crippen LogP contribution in [-0.2, 0) is 16.6 Å². The molecule has 3 aromatic rings. The molecule has 6 nitrogen and oxygen atoms in total. The summed E-state index contributed by atoms with van der Waals surface area (Å²) >= 11 is 0. The number of benzene rings is 1. The van der Waals surface area contributed by atoms with Crippen LogP contribution in [-0.4, -0.2) is 37.0 Å². The van der Waals surface area contributed by atoms with Crippen LogP contribution in [0.3, 0.4) is 0 Å². The van der Waals surface area contributed by atoms with Gasteiger partial charge in [0.1, 0.15) is 16.5 Å². The molecule has 1 fully saturated rings. The van der Waals surface area contributed by atoms with Crippen molar-refractivity contribution in [2.75, 3.05) is 13.7 Å². The second-order valence-electron chi connectivity index (χ2n) is 8.51. The molecule has 4 rings (SSSR count). The number of nitrogens with one attached hydrogen (secondary N) is 1. The maximum absolute atomic E-state index is 15.2. The summed E-state index contributed by atoms with van der Waals surface area (Å²) in [6.07, 6.45) is 4.57. The van der Waals surface area contributed by atoms with Gasteiger partial charge in [-0.25, -0.2) is 25.6 Å². The van der Waals surface area contributed by atoms with Crippen LogP contribution >= 0.6 is 0 Å². The van der Waals surface area contributed by atoms with Gasteiger partial charge in [0.2, 0.25) is 5.92 Å². The SMILES string of the molecule is CNCc1cc(-c2ccc(OCC3CCC(F)(F)CC3)cc2F)n(S(=O)(=O)c2cccnc2)c1. The van der Waals surface area contributed by atoms with Crippen molar-refractivity contribution in [2.24, 2.45) is 5.92 Å². The van der Waals surface area contributed by atoms with E-state index < -0.39 is 21.8 Å². The number of ether oxygens (including phenoxy) is 1. The number of nitrogens with zero attached hydrogens (tertiary/aromatic N) is 2. The van der Waals surface area contributed by atoms with Gasteiger partial charge in [-0.15, -0.1) is 0 Å². The summed E-state index contributed by atoms with van der Waals surface area (Å²) in [4.78, 5) is 3.87. The Hall–Kier alpha value is -2.85. The lowest BCUT2D eigenvalue weighted by Crippen LogP contribution is -2.27. The molecule has 182 valence electrons. The Kier molecular flexibility index (Phi) is 6.99. The van der Waals surface area contributed by atoms with E-state index in [1.54, 1.807) is 19.2 Å². The highest BCUT2D eigenvalue weighted by Gasteiger charge is 2.35. The Morgan fingerprint density at radius 2 is 1.97 bits per heavy atom. The van der Waals surface area contributed by atoms with Crippen molar-refractivity contribution in [1.82, 2.24) is 14.3 Å². The fraction of sp³-hybridized carbons (Fsp3) is 0.375. The molecule has 0 saturated heterocycles. The average Bonchev–Trinajstić information content (AvgIpc) is 3.24. The first-order valence-electron chi connectivity index (χ1n) is 11.0. The zero-order valence-electron chi connectivity index (χ0n) is 18.7. The maximum Gasteiger partial charge on any atom is 0.269 e. The Labute approximate surface area is 196 Å². The highest BCUT2D eigenvalue weighted by Crippen LogP contribution is 2.37. The van der Waals surface area contributed by atoms with Crippen LogP contribution in [0.15, 0.2) is 59.9 Å². The first-order valence-corrected chi connectivity index (χ1v) is 12.5. The van der Waals surface area contributed by atoms with E-state index in [4.69, 9.17) is 4.74 Å². The molecule has 0 aliphatic heterocycles. The third kappa shape index (κ3) is 5.28. The smallest absolute Gasteiger partial charge is 0.269 e. The van der Waals surface area contributed by atoms with E-state index in [2.05, 4.69) is 10.3 Å². The molecule has 1 aromatic carbocycles. The summed E-state index contributed by atoms with van der Waals surface area (Å²) in [7, 11) is -2.28. The number of hydrogen-bond acceptors (Lipinski definition) is 5. The summed E-state index contributed by atoms with van der Waals surface area (Å²) in [5, 5.41) is 2.96. The Morgan fingerprint density at radius 3 is 2.62 bits per heavy atom. The molecule has 2 heterocycles. The number of halogens is 3. The summed E-state index contributed by atoms with van der Waals surface area (Å²) in [5.41, 5.74) is 0.936. The van der Waals surface area contributed by atoms with E-state index in [0.717, 1.165) is 3.97 Å². The van der Waals surface area contributed by atoms with Crippen LogP contribution in [0, 0.1) is 11.7 Å². The van der Waals surface area contributed by atoms with Crippen molar-refractivity contribution < 1.29 is 26.3 Å². The number of hydrogen-bond donors (Lipinski definition) is 1. The van der Waals surface area contributed by atoms with Gasteiger partial charge in [0.25, 0.3) is 10.0 Å². The number of rotatable bonds is 8. The van der Waals surface area contributed by atoms with Crippen molar-refractivity contribution in [1.29, 1.82) is 0 Å². The molecule has 1 aliphatic carbocycles. The zero-order valence-corrected chi connectivity index (χ0v) is 19.5. The van der Waals surface area contributed by atoms with Crippen LogP contribution < -0.4 is 10.1 Å². The highest BCUT2D eigenvalue weighted by molar-refractivity contribution is 7.90. The van der Waals surface area contributed by atoms with Gasteiger partial charge in [-0.05, 0) is 61.7 Å². The molecule has 0 bridgehead atoms. The van der Waals surface area contributed by atoms with Gasteiger partial charge in [-0.3, -0.25) is 4.98 Å². The molecule has 1 N–H and O–H groups in total. The van der Waals surface area contributed by atoms with Crippen molar-refractivity contribution in [3.05, 3.63) is 66.4 Å². The second kappa shape index (κ2) is 9.79. The average molecular weight is 494 g/mol.